The van der Waals surface area contributed by atoms with Crippen LogP contribution in [-0.2, 0) is 0 Å². The third-order valence-electron chi connectivity index (χ3n) is 1.63. The smallest absolute Gasteiger partial charge is 0.170 e. The maximum Gasteiger partial charge on any atom is 0.170 e. The summed E-state index contributed by atoms with van der Waals surface area (Å²) < 4.78 is 7.90. The quantitative estimate of drug-likeness (QED) is 0.773. The normalized spacial score (nSPS) is 10.5. The average molecular weight is 266 g/mol. The van der Waals surface area contributed by atoms with Crippen molar-refractivity contribution < 1.29 is 0 Å². The number of halogens is 3. The number of benzene rings is 1. The molecule has 0 unspecified atom stereocenters. The minimum absolute atomic E-state index is 0.346. The minimum atomic E-state index is 0.346. The van der Waals surface area contributed by atoms with E-state index in [1.807, 2.05) is 0 Å². The summed E-state index contributed by atoms with van der Waals surface area (Å²) in [6.45, 7) is 0. The molecule has 0 N–H and O–H groups in total. The fourth-order valence-electron chi connectivity index (χ4n) is 1.02. The van der Waals surface area contributed by atoms with E-state index in [1.54, 1.807) is 18.2 Å². The molecule has 2 rings (SSSR count). The number of hydrogen-bond acceptors (Lipinski definition) is 3. The molecular formula is C8H3Cl3N2S. The summed E-state index contributed by atoms with van der Waals surface area (Å²) in [6, 6.07) is 5.13. The van der Waals surface area contributed by atoms with Gasteiger partial charge in [0.2, 0.25) is 0 Å². The maximum absolute atomic E-state index is 5.98. The van der Waals surface area contributed by atoms with Crippen LogP contribution in [0.15, 0.2) is 18.2 Å². The molecule has 14 heavy (non-hydrogen) atoms. The maximum atomic E-state index is 5.98. The molecule has 1 aromatic carbocycles. The van der Waals surface area contributed by atoms with Crippen molar-refractivity contribution in [1.82, 2.24) is 8.75 Å². The lowest BCUT2D eigenvalue weighted by Crippen LogP contribution is -1.80. The molecule has 0 radical (unpaired) electrons. The van der Waals surface area contributed by atoms with Crippen LogP contribution in [0.3, 0.4) is 0 Å². The van der Waals surface area contributed by atoms with Crippen LogP contribution >= 0.6 is 46.5 Å². The molecule has 0 saturated heterocycles. The van der Waals surface area contributed by atoms with E-state index in [2.05, 4.69) is 8.75 Å². The summed E-state index contributed by atoms with van der Waals surface area (Å²) >= 11 is 18.7. The Bertz CT molecular complexity index is 469. The van der Waals surface area contributed by atoms with Gasteiger partial charge in [0.15, 0.2) is 5.15 Å². The first-order chi connectivity index (χ1) is 6.68. The van der Waals surface area contributed by atoms with Gasteiger partial charge in [0, 0.05) is 10.6 Å². The van der Waals surface area contributed by atoms with Crippen molar-refractivity contribution in [2.24, 2.45) is 0 Å². The summed E-state index contributed by atoms with van der Waals surface area (Å²) in [5.74, 6) is 0. The largest absolute Gasteiger partial charge is 0.171 e. The summed E-state index contributed by atoms with van der Waals surface area (Å²) in [6.07, 6.45) is 0. The third-order valence-corrected chi connectivity index (χ3v) is 3.09. The molecule has 72 valence electrons. The Morgan fingerprint density at radius 1 is 1.07 bits per heavy atom. The average Bonchev–Trinajstić information content (AvgIpc) is 2.56. The van der Waals surface area contributed by atoms with Crippen molar-refractivity contribution in [3.8, 4) is 11.3 Å². The highest BCUT2D eigenvalue weighted by Gasteiger charge is 2.12. The molecule has 1 heterocycles. The Labute approximate surface area is 99.8 Å². The zero-order valence-corrected chi connectivity index (χ0v) is 9.75. The van der Waals surface area contributed by atoms with E-state index in [-0.39, 0.29) is 0 Å². The topological polar surface area (TPSA) is 25.8 Å². The summed E-state index contributed by atoms with van der Waals surface area (Å²) in [7, 11) is 0. The number of aromatic nitrogens is 2. The molecule has 0 aliphatic heterocycles. The van der Waals surface area contributed by atoms with E-state index in [4.69, 9.17) is 34.8 Å². The van der Waals surface area contributed by atoms with Crippen LogP contribution < -0.4 is 0 Å². The lowest BCUT2D eigenvalue weighted by Gasteiger charge is -2.00. The Morgan fingerprint density at radius 2 is 1.86 bits per heavy atom. The van der Waals surface area contributed by atoms with Crippen molar-refractivity contribution in [3.05, 3.63) is 33.4 Å². The van der Waals surface area contributed by atoms with Gasteiger partial charge in [-0.25, -0.2) is 0 Å². The van der Waals surface area contributed by atoms with Crippen LogP contribution in [-0.4, -0.2) is 8.75 Å². The Balaban J connectivity index is 2.62. The molecule has 2 aromatic rings. The predicted octanol–water partition coefficient (Wildman–Crippen LogP) is 4.17. The van der Waals surface area contributed by atoms with E-state index >= 15 is 0 Å². The van der Waals surface area contributed by atoms with E-state index in [0.29, 0.717) is 26.5 Å². The predicted molar refractivity (Wildman–Crippen MR) is 60.4 cm³/mol. The van der Waals surface area contributed by atoms with Crippen LogP contribution in [0, 0.1) is 0 Å². The van der Waals surface area contributed by atoms with E-state index in [9.17, 15) is 0 Å². The van der Waals surface area contributed by atoms with Crippen LogP contribution in [0.1, 0.15) is 0 Å². The molecule has 0 spiro atoms. The summed E-state index contributed by atoms with van der Waals surface area (Å²) in [4.78, 5) is 0. The number of rotatable bonds is 1. The van der Waals surface area contributed by atoms with Gasteiger partial charge in [0.1, 0.15) is 5.69 Å². The molecule has 0 amide bonds. The first-order valence-electron chi connectivity index (χ1n) is 3.62. The highest BCUT2D eigenvalue weighted by Crippen LogP contribution is 2.33. The van der Waals surface area contributed by atoms with Crippen LogP contribution in [0.5, 0.6) is 0 Å². The van der Waals surface area contributed by atoms with Gasteiger partial charge in [0.25, 0.3) is 0 Å². The van der Waals surface area contributed by atoms with Gasteiger partial charge >= 0.3 is 0 Å². The fraction of sp³-hybridized carbons (Fsp3) is 0. The van der Waals surface area contributed by atoms with Crippen molar-refractivity contribution >= 4 is 46.5 Å². The minimum Gasteiger partial charge on any atom is -0.171 e. The monoisotopic (exact) mass is 264 g/mol. The van der Waals surface area contributed by atoms with Gasteiger partial charge in [-0.3, -0.25) is 0 Å². The second-order valence-electron chi connectivity index (χ2n) is 2.53. The first kappa shape index (κ1) is 10.2. The molecule has 1 aromatic heterocycles. The van der Waals surface area contributed by atoms with E-state index in [0.717, 1.165) is 11.7 Å². The standard InChI is InChI=1S/C8H3Cl3N2S/c9-4-1-2-6(10)5(3-4)7-8(11)13-14-12-7/h1-3H. The van der Waals surface area contributed by atoms with Crippen LogP contribution in [0.2, 0.25) is 15.2 Å². The lowest BCUT2D eigenvalue weighted by atomic mass is 10.2. The molecule has 6 heteroatoms. The number of nitrogens with zero attached hydrogens (tertiary/aromatic N) is 2. The molecular weight excluding hydrogens is 263 g/mol. The van der Waals surface area contributed by atoms with Gasteiger partial charge in [-0.15, -0.1) is 0 Å². The van der Waals surface area contributed by atoms with Gasteiger partial charge in [-0.1, -0.05) is 34.8 Å². The lowest BCUT2D eigenvalue weighted by molar-refractivity contribution is 1.49. The molecule has 0 aliphatic carbocycles. The molecule has 0 bridgehead atoms. The molecule has 0 atom stereocenters. The van der Waals surface area contributed by atoms with Gasteiger partial charge in [-0.2, -0.15) is 8.75 Å². The highest BCUT2D eigenvalue weighted by atomic mass is 35.5. The van der Waals surface area contributed by atoms with Crippen molar-refractivity contribution in [2.45, 2.75) is 0 Å². The van der Waals surface area contributed by atoms with Crippen LogP contribution in [0.4, 0.5) is 0 Å². The second kappa shape index (κ2) is 4.03. The third kappa shape index (κ3) is 1.86. The molecule has 2 nitrogen and oxygen atoms in total. The molecule has 0 fully saturated rings. The van der Waals surface area contributed by atoms with Gasteiger partial charge in [0.05, 0.1) is 16.8 Å². The Hall–Kier alpha value is -0.350. The van der Waals surface area contributed by atoms with Crippen LogP contribution in [0.25, 0.3) is 11.3 Å². The fourth-order valence-corrected chi connectivity index (χ4v) is 2.15. The van der Waals surface area contributed by atoms with Crippen molar-refractivity contribution in [3.63, 3.8) is 0 Å². The Kier molecular flexibility index (Phi) is 2.93. The zero-order valence-electron chi connectivity index (χ0n) is 6.67. The molecule has 0 saturated carbocycles. The molecule has 0 aliphatic rings. The number of hydrogen-bond donors (Lipinski definition) is 0. The zero-order chi connectivity index (χ0) is 10.1. The second-order valence-corrected chi connectivity index (χ2v) is 4.26. The summed E-state index contributed by atoms with van der Waals surface area (Å²) in [5.41, 5.74) is 1.28. The SMILES string of the molecule is Clc1ccc(Cl)c(-c2nsnc2Cl)c1. The van der Waals surface area contributed by atoms with Gasteiger partial charge < -0.3 is 0 Å². The van der Waals surface area contributed by atoms with Crippen molar-refractivity contribution in [1.29, 1.82) is 0 Å². The first-order valence-corrected chi connectivity index (χ1v) is 5.48. The highest BCUT2D eigenvalue weighted by molar-refractivity contribution is 6.99. The van der Waals surface area contributed by atoms with Gasteiger partial charge in [-0.05, 0) is 18.2 Å². The van der Waals surface area contributed by atoms with E-state index in [1.165, 1.54) is 0 Å². The van der Waals surface area contributed by atoms with E-state index < -0.39 is 0 Å². The summed E-state index contributed by atoms with van der Waals surface area (Å²) in [5, 5.41) is 1.50. The van der Waals surface area contributed by atoms with Crippen molar-refractivity contribution in [2.75, 3.05) is 0 Å². The Morgan fingerprint density at radius 3 is 2.50 bits per heavy atom.